The van der Waals surface area contributed by atoms with Gasteiger partial charge in [-0.05, 0) is 25.0 Å². The lowest BCUT2D eigenvalue weighted by molar-refractivity contribution is 0.182. The molecule has 0 amide bonds. The SMILES string of the molecule is CCCCCCCCCC(CCS(=O)(=O)O)Oc1ccccc1. The van der Waals surface area contributed by atoms with Crippen LogP contribution in [0, 0.1) is 0 Å². The molecule has 0 heterocycles. The quantitative estimate of drug-likeness (QED) is 0.411. The van der Waals surface area contributed by atoms with Gasteiger partial charge in [0.2, 0.25) is 0 Å². The monoisotopic (exact) mass is 342 g/mol. The van der Waals surface area contributed by atoms with E-state index in [9.17, 15) is 8.42 Å². The highest BCUT2D eigenvalue weighted by Gasteiger charge is 2.15. The minimum Gasteiger partial charge on any atom is -0.490 e. The Morgan fingerprint density at radius 3 is 2.17 bits per heavy atom. The summed E-state index contributed by atoms with van der Waals surface area (Å²) in [6.45, 7) is 2.21. The molecule has 1 rings (SSSR count). The fourth-order valence-corrected chi connectivity index (χ4v) is 3.12. The average molecular weight is 343 g/mol. The molecule has 0 saturated carbocycles. The van der Waals surface area contributed by atoms with Crippen molar-refractivity contribution in [2.24, 2.45) is 0 Å². The molecule has 0 spiro atoms. The van der Waals surface area contributed by atoms with E-state index in [1.54, 1.807) is 0 Å². The van der Waals surface area contributed by atoms with E-state index in [1.165, 1.54) is 32.1 Å². The van der Waals surface area contributed by atoms with Crippen molar-refractivity contribution in [2.75, 3.05) is 5.75 Å². The van der Waals surface area contributed by atoms with Crippen LogP contribution in [0.2, 0.25) is 0 Å². The molecule has 0 aliphatic rings. The lowest BCUT2D eigenvalue weighted by atomic mass is 10.1. The Balaban J connectivity index is 2.35. The molecule has 0 fully saturated rings. The van der Waals surface area contributed by atoms with Crippen LogP contribution in [0.1, 0.15) is 64.7 Å². The molecule has 23 heavy (non-hydrogen) atoms. The lowest BCUT2D eigenvalue weighted by Gasteiger charge is -2.18. The molecule has 1 aromatic carbocycles. The lowest BCUT2D eigenvalue weighted by Crippen LogP contribution is -2.21. The molecule has 132 valence electrons. The Hall–Kier alpha value is -1.07. The second-order valence-electron chi connectivity index (χ2n) is 6.04. The third-order valence-corrected chi connectivity index (χ3v) is 4.62. The number of benzene rings is 1. The number of para-hydroxylation sites is 1. The molecule has 1 aromatic rings. The van der Waals surface area contributed by atoms with Gasteiger partial charge in [0.1, 0.15) is 5.75 Å². The maximum atomic E-state index is 11.0. The van der Waals surface area contributed by atoms with Crippen molar-refractivity contribution in [3.63, 3.8) is 0 Å². The van der Waals surface area contributed by atoms with Crippen LogP contribution < -0.4 is 4.74 Å². The molecule has 0 aliphatic carbocycles. The largest absolute Gasteiger partial charge is 0.490 e. The van der Waals surface area contributed by atoms with Crippen LogP contribution in [-0.2, 0) is 10.1 Å². The van der Waals surface area contributed by atoms with Crippen molar-refractivity contribution in [1.82, 2.24) is 0 Å². The molecule has 5 heteroatoms. The van der Waals surface area contributed by atoms with Gasteiger partial charge in [-0.3, -0.25) is 4.55 Å². The van der Waals surface area contributed by atoms with Crippen LogP contribution in [0.15, 0.2) is 30.3 Å². The third kappa shape index (κ3) is 11.2. The molecule has 1 N–H and O–H groups in total. The highest BCUT2D eigenvalue weighted by atomic mass is 32.2. The predicted molar refractivity (Wildman–Crippen MR) is 94.5 cm³/mol. The van der Waals surface area contributed by atoms with Crippen molar-refractivity contribution in [3.8, 4) is 5.75 Å². The maximum absolute atomic E-state index is 11.0. The van der Waals surface area contributed by atoms with E-state index in [0.29, 0.717) is 6.42 Å². The Morgan fingerprint density at radius 1 is 0.957 bits per heavy atom. The molecule has 0 radical (unpaired) electrons. The molecule has 0 aromatic heterocycles. The van der Waals surface area contributed by atoms with Crippen LogP contribution in [0.3, 0.4) is 0 Å². The zero-order chi connectivity index (χ0) is 17.0. The summed E-state index contributed by atoms with van der Waals surface area (Å²) in [5.41, 5.74) is 0. The topological polar surface area (TPSA) is 63.6 Å². The Labute approximate surface area is 141 Å². The zero-order valence-corrected chi connectivity index (χ0v) is 14.9. The van der Waals surface area contributed by atoms with Crippen LogP contribution in [-0.4, -0.2) is 24.8 Å². The van der Waals surface area contributed by atoms with Gasteiger partial charge in [-0.1, -0.05) is 63.6 Å². The summed E-state index contributed by atoms with van der Waals surface area (Å²) in [4.78, 5) is 0. The van der Waals surface area contributed by atoms with Crippen molar-refractivity contribution in [3.05, 3.63) is 30.3 Å². The second kappa shape index (κ2) is 11.5. The predicted octanol–water partition coefficient (Wildman–Crippen LogP) is 4.85. The van der Waals surface area contributed by atoms with Crippen LogP contribution in [0.4, 0.5) is 0 Å². The van der Waals surface area contributed by atoms with E-state index in [1.807, 2.05) is 30.3 Å². The summed E-state index contributed by atoms with van der Waals surface area (Å²) in [5, 5.41) is 0. The number of unbranched alkanes of at least 4 members (excludes halogenated alkanes) is 6. The van der Waals surface area contributed by atoms with Crippen molar-refractivity contribution in [2.45, 2.75) is 70.8 Å². The molecule has 0 bridgehead atoms. The average Bonchev–Trinajstić information content (AvgIpc) is 2.51. The molecule has 4 nitrogen and oxygen atoms in total. The molecule has 0 saturated heterocycles. The van der Waals surface area contributed by atoms with Crippen LogP contribution in [0.5, 0.6) is 5.75 Å². The van der Waals surface area contributed by atoms with Crippen molar-refractivity contribution < 1.29 is 17.7 Å². The van der Waals surface area contributed by atoms with Gasteiger partial charge in [0.25, 0.3) is 10.1 Å². The highest BCUT2D eigenvalue weighted by molar-refractivity contribution is 7.85. The normalized spacial score (nSPS) is 13.0. The minimum absolute atomic E-state index is 0.171. The van der Waals surface area contributed by atoms with Gasteiger partial charge in [-0.25, -0.2) is 0 Å². The van der Waals surface area contributed by atoms with Gasteiger partial charge in [0.05, 0.1) is 11.9 Å². The van der Waals surface area contributed by atoms with E-state index >= 15 is 0 Å². The summed E-state index contributed by atoms with van der Waals surface area (Å²) in [7, 11) is -3.94. The van der Waals surface area contributed by atoms with Gasteiger partial charge < -0.3 is 4.74 Å². The second-order valence-corrected chi connectivity index (χ2v) is 7.61. The number of ether oxygens (including phenoxy) is 1. The number of hydrogen-bond donors (Lipinski definition) is 1. The zero-order valence-electron chi connectivity index (χ0n) is 14.1. The summed E-state index contributed by atoms with van der Waals surface area (Å²) < 4.78 is 36.8. The molecular weight excluding hydrogens is 312 g/mol. The Morgan fingerprint density at radius 2 is 1.57 bits per heavy atom. The molecule has 1 unspecified atom stereocenters. The maximum Gasteiger partial charge on any atom is 0.264 e. The van der Waals surface area contributed by atoms with E-state index in [4.69, 9.17) is 9.29 Å². The van der Waals surface area contributed by atoms with Gasteiger partial charge in [-0.15, -0.1) is 0 Å². The van der Waals surface area contributed by atoms with Gasteiger partial charge in [0, 0.05) is 6.42 Å². The third-order valence-electron chi connectivity index (χ3n) is 3.87. The van der Waals surface area contributed by atoms with E-state index in [-0.39, 0.29) is 11.9 Å². The molecule has 1 atom stereocenters. The van der Waals surface area contributed by atoms with E-state index in [2.05, 4.69) is 6.92 Å². The Kier molecular flexibility index (Phi) is 9.96. The van der Waals surface area contributed by atoms with Crippen molar-refractivity contribution in [1.29, 1.82) is 0 Å². The fourth-order valence-electron chi connectivity index (χ4n) is 2.56. The van der Waals surface area contributed by atoms with E-state index in [0.717, 1.165) is 25.0 Å². The number of rotatable bonds is 13. The minimum atomic E-state index is -3.94. The van der Waals surface area contributed by atoms with Crippen molar-refractivity contribution >= 4 is 10.1 Å². The summed E-state index contributed by atoms with van der Waals surface area (Å²) in [6.07, 6.45) is 9.47. The number of hydrogen-bond acceptors (Lipinski definition) is 3. The summed E-state index contributed by atoms with van der Waals surface area (Å²) in [6, 6.07) is 9.43. The highest BCUT2D eigenvalue weighted by Crippen LogP contribution is 2.18. The first-order chi connectivity index (χ1) is 11.0. The van der Waals surface area contributed by atoms with Crippen LogP contribution in [0.25, 0.3) is 0 Å². The first kappa shape index (κ1) is 20.0. The summed E-state index contributed by atoms with van der Waals surface area (Å²) in [5.74, 6) is 0.497. The first-order valence-corrected chi connectivity index (χ1v) is 10.3. The van der Waals surface area contributed by atoms with Gasteiger partial charge in [0.15, 0.2) is 0 Å². The van der Waals surface area contributed by atoms with Gasteiger partial charge >= 0.3 is 0 Å². The van der Waals surface area contributed by atoms with Gasteiger partial charge in [-0.2, -0.15) is 8.42 Å². The smallest absolute Gasteiger partial charge is 0.264 e. The molecular formula is C18H30O4S. The van der Waals surface area contributed by atoms with Crippen LogP contribution >= 0.6 is 0 Å². The standard InChI is InChI=1S/C18H30O4S/c1-2-3-4-5-6-7-9-14-18(15-16-23(19,20)21)22-17-12-10-8-11-13-17/h8,10-13,18H,2-7,9,14-16H2,1H3,(H,19,20,21). The summed E-state index contributed by atoms with van der Waals surface area (Å²) >= 11 is 0. The Bertz CT molecular complexity index is 499. The first-order valence-electron chi connectivity index (χ1n) is 8.68. The fraction of sp³-hybridized carbons (Fsp3) is 0.667. The molecule has 0 aliphatic heterocycles. The van der Waals surface area contributed by atoms with E-state index < -0.39 is 10.1 Å².